The first-order valence-electron chi connectivity index (χ1n) is 5.67. The second-order valence-electron chi connectivity index (χ2n) is 4.25. The predicted molar refractivity (Wildman–Crippen MR) is 58.9 cm³/mol. The fraction of sp³-hybridized carbons (Fsp3) is 0.833. The van der Waals surface area contributed by atoms with E-state index >= 15 is 0 Å². The average Bonchev–Trinajstić information content (AvgIpc) is 2.06. The van der Waals surface area contributed by atoms with Gasteiger partial charge in [-0.3, -0.25) is 0 Å². The summed E-state index contributed by atoms with van der Waals surface area (Å²) in [7, 11) is 0. The molecule has 1 heteroatoms. The molecule has 13 heavy (non-hydrogen) atoms. The molecule has 1 unspecified atom stereocenters. The monoisotopic (exact) mass is 181 g/mol. The van der Waals surface area contributed by atoms with Gasteiger partial charge in [-0.05, 0) is 39.2 Å². The summed E-state index contributed by atoms with van der Waals surface area (Å²) in [5, 5.41) is 3.57. The molecule has 0 aliphatic heterocycles. The van der Waals surface area contributed by atoms with Gasteiger partial charge >= 0.3 is 0 Å². The molecule has 0 saturated heterocycles. The van der Waals surface area contributed by atoms with E-state index in [1.165, 1.54) is 32.1 Å². The predicted octanol–water partition coefficient (Wildman–Crippen LogP) is 3.12. The van der Waals surface area contributed by atoms with E-state index in [1.54, 1.807) is 0 Å². The highest BCUT2D eigenvalue weighted by atomic mass is 14.9. The van der Waals surface area contributed by atoms with Crippen molar-refractivity contribution in [3.8, 4) is 0 Å². The van der Waals surface area contributed by atoms with Crippen molar-refractivity contribution in [1.29, 1.82) is 0 Å². The third-order valence-corrected chi connectivity index (χ3v) is 2.95. The number of hydrogen-bond donors (Lipinski definition) is 1. The Balaban J connectivity index is 1.93. The summed E-state index contributed by atoms with van der Waals surface area (Å²) in [5.74, 6) is 1.03. The van der Waals surface area contributed by atoms with Crippen LogP contribution in [0.2, 0.25) is 0 Å². The standard InChI is InChI=1S/C12H23N/c1-3-4-5-9-13-11(2)10-12-7-6-8-12/h3-4,11-13H,5-10H2,1-2H3/b4-3+. The van der Waals surface area contributed by atoms with E-state index in [0.29, 0.717) is 0 Å². The zero-order chi connectivity index (χ0) is 9.52. The van der Waals surface area contributed by atoms with Gasteiger partial charge in [0.05, 0.1) is 0 Å². The highest BCUT2D eigenvalue weighted by Crippen LogP contribution is 2.30. The molecule has 1 saturated carbocycles. The van der Waals surface area contributed by atoms with E-state index in [9.17, 15) is 0 Å². The van der Waals surface area contributed by atoms with E-state index < -0.39 is 0 Å². The lowest BCUT2D eigenvalue weighted by molar-refractivity contribution is 0.266. The van der Waals surface area contributed by atoms with Gasteiger partial charge in [-0.1, -0.05) is 31.4 Å². The SMILES string of the molecule is C/C=C/CCNC(C)CC1CCC1. The van der Waals surface area contributed by atoms with E-state index in [-0.39, 0.29) is 0 Å². The van der Waals surface area contributed by atoms with Crippen molar-refractivity contribution in [3.63, 3.8) is 0 Å². The maximum absolute atomic E-state index is 3.57. The van der Waals surface area contributed by atoms with Crippen LogP contribution in [0.25, 0.3) is 0 Å². The van der Waals surface area contributed by atoms with E-state index in [1.807, 2.05) is 0 Å². The lowest BCUT2D eigenvalue weighted by Crippen LogP contribution is -2.30. The Morgan fingerprint density at radius 3 is 2.77 bits per heavy atom. The van der Waals surface area contributed by atoms with Gasteiger partial charge in [-0.2, -0.15) is 0 Å². The topological polar surface area (TPSA) is 12.0 Å². The van der Waals surface area contributed by atoms with Crippen molar-refractivity contribution < 1.29 is 0 Å². The molecule has 1 N–H and O–H groups in total. The Labute approximate surface area is 82.6 Å². The van der Waals surface area contributed by atoms with Crippen LogP contribution in [-0.4, -0.2) is 12.6 Å². The molecular formula is C12H23N. The normalized spacial score (nSPS) is 20.5. The molecule has 1 fully saturated rings. The summed E-state index contributed by atoms with van der Waals surface area (Å²) in [6.45, 7) is 5.53. The zero-order valence-electron chi connectivity index (χ0n) is 9.05. The molecular weight excluding hydrogens is 158 g/mol. The molecule has 0 aromatic carbocycles. The molecule has 0 amide bonds. The Morgan fingerprint density at radius 2 is 2.23 bits per heavy atom. The molecule has 76 valence electrons. The molecule has 1 atom stereocenters. The van der Waals surface area contributed by atoms with E-state index in [2.05, 4.69) is 31.3 Å². The molecule has 0 heterocycles. The Morgan fingerprint density at radius 1 is 1.46 bits per heavy atom. The lowest BCUT2D eigenvalue weighted by atomic mass is 9.81. The van der Waals surface area contributed by atoms with Crippen LogP contribution < -0.4 is 5.32 Å². The van der Waals surface area contributed by atoms with Crippen LogP contribution in [0.3, 0.4) is 0 Å². The first-order valence-corrected chi connectivity index (χ1v) is 5.67. The summed E-state index contributed by atoms with van der Waals surface area (Å²) in [4.78, 5) is 0. The number of allylic oxidation sites excluding steroid dienone is 1. The van der Waals surface area contributed by atoms with Crippen LogP contribution in [-0.2, 0) is 0 Å². The van der Waals surface area contributed by atoms with Crippen LogP contribution in [0.1, 0.15) is 46.0 Å². The van der Waals surface area contributed by atoms with E-state index in [0.717, 1.165) is 18.5 Å². The third-order valence-electron chi connectivity index (χ3n) is 2.95. The summed E-state index contributed by atoms with van der Waals surface area (Å²) in [5.41, 5.74) is 0. The van der Waals surface area contributed by atoms with Crippen molar-refractivity contribution in [1.82, 2.24) is 5.32 Å². The van der Waals surface area contributed by atoms with Gasteiger partial charge in [0.15, 0.2) is 0 Å². The zero-order valence-corrected chi connectivity index (χ0v) is 9.05. The van der Waals surface area contributed by atoms with Crippen LogP contribution in [0.5, 0.6) is 0 Å². The van der Waals surface area contributed by atoms with Gasteiger partial charge in [0.2, 0.25) is 0 Å². The van der Waals surface area contributed by atoms with Crippen molar-refractivity contribution in [2.75, 3.05) is 6.54 Å². The highest BCUT2D eigenvalue weighted by molar-refractivity contribution is 4.79. The summed E-state index contributed by atoms with van der Waals surface area (Å²) in [6, 6.07) is 0.718. The number of nitrogens with one attached hydrogen (secondary N) is 1. The van der Waals surface area contributed by atoms with Crippen LogP contribution in [0.15, 0.2) is 12.2 Å². The van der Waals surface area contributed by atoms with Crippen molar-refractivity contribution >= 4 is 0 Å². The van der Waals surface area contributed by atoms with Gasteiger partial charge in [0.25, 0.3) is 0 Å². The van der Waals surface area contributed by atoms with Gasteiger partial charge in [0.1, 0.15) is 0 Å². The second kappa shape index (κ2) is 6.20. The molecule has 0 aromatic rings. The van der Waals surface area contributed by atoms with Gasteiger partial charge in [-0.15, -0.1) is 0 Å². The molecule has 1 aliphatic carbocycles. The van der Waals surface area contributed by atoms with Gasteiger partial charge < -0.3 is 5.32 Å². The van der Waals surface area contributed by atoms with Gasteiger partial charge in [0, 0.05) is 6.04 Å². The quantitative estimate of drug-likeness (QED) is 0.490. The summed E-state index contributed by atoms with van der Waals surface area (Å²) < 4.78 is 0. The van der Waals surface area contributed by atoms with Crippen molar-refractivity contribution in [3.05, 3.63) is 12.2 Å². The highest BCUT2D eigenvalue weighted by Gasteiger charge is 2.19. The molecule has 1 aliphatic rings. The first kappa shape index (κ1) is 10.8. The summed E-state index contributed by atoms with van der Waals surface area (Å²) >= 11 is 0. The Kier molecular flexibility index (Phi) is 5.14. The minimum Gasteiger partial charge on any atom is -0.314 e. The average molecular weight is 181 g/mol. The fourth-order valence-electron chi connectivity index (χ4n) is 1.89. The van der Waals surface area contributed by atoms with Crippen molar-refractivity contribution in [2.45, 2.75) is 52.0 Å². The molecule has 1 rings (SSSR count). The van der Waals surface area contributed by atoms with Crippen molar-refractivity contribution in [2.24, 2.45) is 5.92 Å². The Bertz CT molecular complexity index is 147. The second-order valence-corrected chi connectivity index (χ2v) is 4.25. The first-order chi connectivity index (χ1) is 6.33. The Hall–Kier alpha value is -0.300. The molecule has 0 bridgehead atoms. The number of rotatable bonds is 6. The van der Waals surface area contributed by atoms with E-state index in [4.69, 9.17) is 0 Å². The summed E-state index contributed by atoms with van der Waals surface area (Å²) in [6.07, 6.45) is 11.3. The molecule has 1 nitrogen and oxygen atoms in total. The maximum Gasteiger partial charge on any atom is 0.00414 e. The molecule has 0 aromatic heterocycles. The minimum atomic E-state index is 0.718. The fourth-order valence-corrected chi connectivity index (χ4v) is 1.89. The largest absolute Gasteiger partial charge is 0.314 e. The lowest BCUT2D eigenvalue weighted by Gasteiger charge is -2.28. The maximum atomic E-state index is 3.57. The van der Waals surface area contributed by atoms with Crippen LogP contribution >= 0.6 is 0 Å². The van der Waals surface area contributed by atoms with Crippen LogP contribution in [0.4, 0.5) is 0 Å². The minimum absolute atomic E-state index is 0.718. The molecule has 0 radical (unpaired) electrons. The number of hydrogen-bond acceptors (Lipinski definition) is 1. The molecule has 0 spiro atoms. The smallest absolute Gasteiger partial charge is 0.00414 e. The third kappa shape index (κ3) is 4.47. The van der Waals surface area contributed by atoms with Gasteiger partial charge in [-0.25, -0.2) is 0 Å². The van der Waals surface area contributed by atoms with Crippen LogP contribution in [0, 0.1) is 5.92 Å².